The lowest BCUT2D eigenvalue weighted by molar-refractivity contribution is -0.115. The summed E-state index contributed by atoms with van der Waals surface area (Å²) in [6.45, 7) is 0. The maximum absolute atomic E-state index is 12.4. The molecular formula is C19H15N3O3S. The maximum Gasteiger partial charge on any atom is 0.291 e. The summed E-state index contributed by atoms with van der Waals surface area (Å²) in [4.78, 5) is 16.6. The quantitative estimate of drug-likeness (QED) is 0.690. The molecule has 7 heteroatoms. The Hall–Kier alpha value is -3.32. The molecule has 3 N–H and O–H groups in total. The number of rotatable bonds is 3. The first kappa shape index (κ1) is 16.2. The maximum atomic E-state index is 12.4. The van der Waals surface area contributed by atoms with Crippen molar-refractivity contribution in [2.75, 3.05) is 18.2 Å². The summed E-state index contributed by atoms with van der Waals surface area (Å²) >= 11 is 1.37. The third kappa shape index (κ3) is 3.12. The van der Waals surface area contributed by atoms with Gasteiger partial charge < -0.3 is 20.5 Å². The molecule has 0 aliphatic carbocycles. The van der Waals surface area contributed by atoms with Crippen molar-refractivity contribution in [3.8, 4) is 22.8 Å². The molecule has 2 heterocycles. The normalized spacial score (nSPS) is 14.5. The van der Waals surface area contributed by atoms with Crippen LogP contribution in [-0.2, 0) is 4.79 Å². The van der Waals surface area contributed by atoms with Crippen molar-refractivity contribution in [1.82, 2.24) is 4.98 Å². The highest BCUT2D eigenvalue weighted by atomic mass is 32.1. The third-order valence-corrected chi connectivity index (χ3v) is 4.58. The Labute approximate surface area is 153 Å². The number of carbonyl (C=O) groups excluding carboxylic acids is 1. The molecule has 0 radical (unpaired) electrons. The van der Waals surface area contributed by atoms with Crippen LogP contribution in [0, 0.1) is 0 Å². The van der Waals surface area contributed by atoms with E-state index in [1.807, 2.05) is 47.8 Å². The van der Waals surface area contributed by atoms with Crippen molar-refractivity contribution in [2.24, 2.45) is 0 Å². The first-order valence-electron chi connectivity index (χ1n) is 7.83. The van der Waals surface area contributed by atoms with Gasteiger partial charge in [0, 0.05) is 10.9 Å². The number of ether oxygens (including phenoxy) is 2. The fourth-order valence-corrected chi connectivity index (χ4v) is 3.16. The molecule has 2 aromatic carbocycles. The Kier molecular flexibility index (Phi) is 4.06. The summed E-state index contributed by atoms with van der Waals surface area (Å²) < 4.78 is 10.9. The van der Waals surface area contributed by atoms with E-state index in [1.165, 1.54) is 11.3 Å². The molecule has 3 aromatic rings. The van der Waals surface area contributed by atoms with E-state index in [9.17, 15) is 4.79 Å². The molecule has 6 nitrogen and oxygen atoms in total. The van der Waals surface area contributed by atoms with E-state index in [0.717, 1.165) is 22.6 Å². The van der Waals surface area contributed by atoms with Crippen molar-refractivity contribution in [2.45, 2.75) is 0 Å². The van der Waals surface area contributed by atoms with Gasteiger partial charge in [-0.2, -0.15) is 0 Å². The zero-order chi connectivity index (χ0) is 18.1. The molecule has 1 aromatic heterocycles. The number of methoxy groups -OCH3 is 1. The number of amides is 1. The van der Waals surface area contributed by atoms with Crippen LogP contribution in [0.3, 0.4) is 0 Å². The lowest BCUT2D eigenvalue weighted by atomic mass is 10.1. The van der Waals surface area contributed by atoms with Gasteiger partial charge in [-0.05, 0) is 42.0 Å². The van der Waals surface area contributed by atoms with Crippen LogP contribution >= 0.6 is 11.3 Å². The summed E-state index contributed by atoms with van der Waals surface area (Å²) in [7, 11) is 1.61. The van der Waals surface area contributed by atoms with Crippen LogP contribution in [0.15, 0.2) is 53.6 Å². The molecule has 1 aliphatic heterocycles. The average molecular weight is 365 g/mol. The van der Waals surface area contributed by atoms with Gasteiger partial charge in [-0.1, -0.05) is 12.1 Å². The first-order chi connectivity index (χ1) is 12.6. The van der Waals surface area contributed by atoms with Gasteiger partial charge in [-0.3, -0.25) is 4.79 Å². The zero-order valence-corrected chi connectivity index (χ0v) is 14.7. The summed E-state index contributed by atoms with van der Waals surface area (Å²) in [6, 6.07) is 12.9. The van der Waals surface area contributed by atoms with E-state index in [0.29, 0.717) is 16.6 Å². The summed E-state index contributed by atoms with van der Waals surface area (Å²) in [6.07, 6.45) is 1.69. The SMILES string of the molecule is COc1ccc(/C=C2/Oc3ccc(-c4csc(N)n4)cc3NC2=O)cc1. The number of hydrogen-bond donors (Lipinski definition) is 2. The molecule has 26 heavy (non-hydrogen) atoms. The van der Waals surface area contributed by atoms with Crippen molar-refractivity contribution in [1.29, 1.82) is 0 Å². The van der Waals surface area contributed by atoms with Gasteiger partial charge in [-0.25, -0.2) is 4.98 Å². The Morgan fingerprint density at radius 3 is 2.73 bits per heavy atom. The number of nitrogens with one attached hydrogen (secondary N) is 1. The molecule has 0 saturated carbocycles. The van der Waals surface area contributed by atoms with Crippen molar-refractivity contribution in [3.63, 3.8) is 0 Å². The standard InChI is InChI=1S/C19H15N3O3S/c1-24-13-5-2-11(3-6-13)8-17-18(23)21-14-9-12(4-7-16(14)25-17)15-10-26-19(20)22-15/h2-10H,1H3,(H2,20,22)(H,21,23)/b17-8+. The van der Waals surface area contributed by atoms with Crippen molar-refractivity contribution < 1.29 is 14.3 Å². The third-order valence-electron chi connectivity index (χ3n) is 3.90. The van der Waals surface area contributed by atoms with Crippen LogP contribution in [0.1, 0.15) is 5.56 Å². The Balaban J connectivity index is 1.62. The van der Waals surface area contributed by atoms with Crippen LogP contribution in [-0.4, -0.2) is 18.0 Å². The predicted octanol–water partition coefficient (Wildman–Crippen LogP) is 3.77. The van der Waals surface area contributed by atoms with Gasteiger partial charge in [0.05, 0.1) is 18.5 Å². The number of anilines is 2. The highest BCUT2D eigenvalue weighted by Crippen LogP contribution is 2.35. The van der Waals surface area contributed by atoms with E-state index >= 15 is 0 Å². The smallest absolute Gasteiger partial charge is 0.291 e. The van der Waals surface area contributed by atoms with Crippen molar-refractivity contribution >= 4 is 34.1 Å². The lowest BCUT2D eigenvalue weighted by Gasteiger charge is -2.20. The number of carbonyl (C=O) groups is 1. The Morgan fingerprint density at radius 2 is 2.04 bits per heavy atom. The minimum atomic E-state index is -0.303. The largest absolute Gasteiger partial charge is 0.497 e. The Morgan fingerprint density at radius 1 is 1.23 bits per heavy atom. The zero-order valence-electron chi connectivity index (χ0n) is 13.9. The second-order valence-corrected chi connectivity index (χ2v) is 6.51. The minimum Gasteiger partial charge on any atom is -0.497 e. The van der Waals surface area contributed by atoms with Gasteiger partial charge in [-0.15, -0.1) is 11.3 Å². The number of nitrogens with two attached hydrogens (primary N) is 1. The van der Waals surface area contributed by atoms with E-state index < -0.39 is 0 Å². The molecule has 130 valence electrons. The predicted molar refractivity (Wildman–Crippen MR) is 102 cm³/mol. The van der Waals surface area contributed by atoms with Gasteiger partial charge in [0.2, 0.25) is 0 Å². The molecule has 1 amide bonds. The van der Waals surface area contributed by atoms with Gasteiger partial charge in [0.25, 0.3) is 5.91 Å². The highest BCUT2D eigenvalue weighted by Gasteiger charge is 2.22. The summed E-state index contributed by atoms with van der Waals surface area (Å²) in [5, 5.41) is 5.23. The van der Waals surface area contributed by atoms with Crippen LogP contribution in [0.2, 0.25) is 0 Å². The second-order valence-electron chi connectivity index (χ2n) is 5.62. The summed E-state index contributed by atoms with van der Waals surface area (Å²) in [5.74, 6) is 1.26. The number of hydrogen-bond acceptors (Lipinski definition) is 6. The highest BCUT2D eigenvalue weighted by molar-refractivity contribution is 7.13. The molecule has 0 fully saturated rings. The second kappa shape index (κ2) is 6.53. The number of aromatic nitrogens is 1. The number of thiazole rings is 1. The number of nitrogen functional groups attached to an aromatic ring is 1. The first-order valence-corrected chi connectivity index (χ1v) is 8.71. The molecule has 0 spiro atoms. The van der Waals surface area contributed by atoms with Gasteiger partial charge in [0.15, 0.2) is 16.6 Å². The lowest BCUT2D eigenvalue weighted by Crippen LogP contribution is -2.23. The molecule has 0 bridgehead atoms. The monoisotopic (exact) mass is 365 g/mol. The molecule has 0 unspecified atom stereocenters. The molecule has 1 aliphatic rings. The van der Waals surface area contributed by atoms with Gasteiger partial charge in [0.1, 0.15) is 5.75 Å². The molecule has 0 saturated heterocycles. The number of fused-ring (bicyclic) bond motifs is 1. The molecular weight excluding hydrogens is 350 g/mol. The van der Waals surface area contributed by atoms with Crippen molar-refractivity contribution in [3.05, 3.63) is 59.2 Å². The number of nitrogens with zero attached hydrogens (tertiary/aromatic N) is 1. The van der Waals surface area contributed by atoms with Crippen LogP contribution in [0.4, 0.5) is 10.8 Å². The van der Waals surface area contributed by atoms with Crippen LogP contribution in [0.5, 0.6) is 11.5 Å². The van der Waals surface area contributed by atoms with E-state index in [1.54, 1.807) is 13.2 Å². The number of benzene rings is 2. The average Bonchev–Trinajstić information content (AvgIpc) is 3.09. The van der Waals surface area contributed by atoms with Gasteiger partial charge >= 0.3 is 0 Å². The van der Waals surface area contributed by atoms with E-state index in [-0.39, 0.29) is 11.7 Å². The summed E-state index contributed by atoms with van der Waals surface area (Å²) in [5.41, 5.74) is 8.76. The van der Waals surface area contributed by atoms with E-state index in [4.69, 9.17) is 15.2 Å². The fraction of sp³-hybridized carbons (Fsp3) is 0.0526. The minimum absolute atomic E-state index is 0.230. The molecule has 4 rings (SSSR count). The fourth-order valence-electron chi connectivity index (χ4n) is 2.59. The Bertz CT molecular complexity index is 1010. The molecule has 0 atom stereocenters. The van der Waals surface area contributed by atoms with E-state index in [2.05, 4.69) is 10.3 Å². The van der Waals surface area contributed by atoms with Crippen LogP contribution in [0.25, 0.3) is 17.3 Å². The van der Waals surface area contributed by atoms with Crippen LogP contribution < -0.4 is 20.5 Å². The topological polar surface area (TPSA) is 86.5 Å².